The Morgan fingerprint density at radius 3 is 2.85 bits per heavy atom. The van der Waals surface area contributed by atoms with Gasteiger partial charge in [0.15, 0.2) is 5.65 Å². The number of hydrogen-bond donors (Lipinski definition) is 0. The SMILES string of the molecule is CC1CCN(C(=O)c2nc3c4c5c(sc4ncn3n2)CCC[C@H]5C)CC1. The van der Waals surface area contributed by atoms with E-state index < -0.39 is 0 Å². The average molecular weight is 369 g/mol. The molecule has 0 saturated carbocycles. The molecule has 26 heavy (non-hydrogen) atoms. The minimum absolute atomic E-state index is 0.0501. The number of likely N-dealkylation sites (tertiary alicyclic amines) is 1. The van der Waals surface area contributed by atoms with E-state index in [0.717, 1.165) is 48.2 Å². The van der Waals surface area contributed by atoms with Gasteiger partial charge in [0, 0.05) is 18.0 Å². The largest absolute Gasteiger partial charge is 0.336 e. The maximum Gasteiger partial charge on any atom is 0.293 e. The van der Waals surface area contributed by atoms with E-state index in [9.17, 15) is 4.79 Å². The highest BCUT2D eigenvalue weighted by molar-refractivity contribution is 7.19. The monoisotopic (exact) mass is 369 g/mol. The van der Waals surface area contributed by atoms with Gasteiger partial charge in [0.05, 0.1) is 5.39 Å². The van der Waals surface area contributed by atoms with Gasteiger partial charge in [0.25, 0.3) is 5.91 Å². The predicted octanol–water partition coefficient (Wildman–Crippen LogP) is 3.65. The van der Waals surface area contributed by atoms with Gasteiger partial charge >= 0.3 is 0 Å². The van der Waals surface area contributed by atoms with Crippen molar-refractivity contribution < 1.29 is 4.79 Å². The summed E-state index contributed by atoms with van der Waals surface area (Å²) in [6.07, 6.45) is 7.37. The third kappa shape index (κ3) is 2.44. The van der Waals surface area contributed by atoms with Gasteiger partial charge in [-0.3, -0.25) is 4.79 Å². The highest BCUT2D eigenvalue weighted by atomic mass is 32.1. The molecule has 6 nitrogen and oxygen atoms in total. The second-order valence-electron chi connectivity index (χ2n) is 7.84. The van der Waals surface area contributed by atoms with Crippen LogP contribution in [-0.2, 0) is 6.42 Å². The molecule has 4 heterocycles. The molecule has 1 fully saturated rings. The molecule has 0 bridgehead atoms. The molecule has 1 atom stereocenters. The molecule has 136 valence electrons. The van der Waals surface area contributed by atoms with Gasteiger partial charge < -0.3 is 4.90 Å². The lowest BCUT2D eigenvalue weighted by molar-refractivity contribution is 0.0685. The fourth-order valence-electron chi connectivity index (χ4n) is 4.33. The van der Waals surface area contributed by atoms with Crippen LogP contribution in [0.2, 0.25) is 0 Å². The van der Waals surface area contributed by atoms with Crippen molar-refractivity contribution >= 4 is 33.1 Å². The molecule has 1 amide bonds. The number of piperidine rings is 1. The van der Waals surface area contributed by atoms with Crippen molar-refractivity contribution in [3.8, 4) is 0 Å². The van der Waals surface area contributed by atoms with E-state index >= 15 is 0 Å². The van der Waals surface area contributed by atoms with Gasteiger partial charge in [-0.25, -0.2) is 14.5 Å². The number of carbonyl (C=O) groups excluding carboxylic acids is 1. The van der Waals surface area contributed by atoms with Crippen molar-refractivity contribution in [2.75, 3.05) is 13.1 Å². The fourth-order valence-corrected chi connectivity index (χ4v) is 5.63. The quantitative estimate of drug-likeness (QED) is 0.657. The molecule has 1 saturated heterocycles. The number of carbonyl (C=O) groups is 1. The van der Waals surface area contributed by atoms with E-state index in [1.165, 1.54) is 23.3 Å². The summed E-state index contributed by atoms with van der Waals surface area (Å²) in [4.78, 5) is 26.5. The molecule has 3 aromatic heterocycles. The molecule has 1 aliphatic heterocycles. The first-order valence-electron chi connectivity index (χ1n) is 9.57. The van der Waals surface area contributed by atoms with Crippen LogP contribution in [0.4, 0.5) is 0 Å². The summed E-state index contributed by atoms with van der Waals surface area (Å²) in [5, 5.41) is 5.58. The minimum atomic E-state index is -0.0501. The number of nitrogens with zero attached hydrogens (tertiary/aromatic N) is 5. The van der Waals surface area contributed by atoms with E-state index in [2.05, 4.69) is 28.9 Å². The van der Waals surface area contributed by atoms with Crippen LogP contribution in [0.25, 0.3) is 15.9 Å². The van der Waals surface area contributed by atoms with Crippen LogP contribution >= 0.6 is 11.3 Å². The summed E-state index contributed by atoms with van der Waals surface area (Å²) in [5.74, 6) is 1.46. The summed E-state index contributed by atoms with van der Waals surface area (Å²) >= 11 is 1.78. The summed E-state index contributed by atoms with van der Waals surface area (Å²) in [7, 11) is 0. The molecule has 1 aliphatic carbocycles. The third-order valence-corrected chi connectivity index (χ3v) is 7.11. The first-order chi connectivity index (χ1) is 12.6. The Morgan fingerprint density at radius 2 is 2.04 bits per heavy atom. The van der Waals surface area contributed by atoms with Crippen LogP contribution in [0.5, 0.6) is 0 Å². The second kappa shape index (κ2) is 6.01. The number of thiophene rings is 1. The third-order valence-electron chi connectivity index (χ3n) is 5.94. The lowest BCUT2D eigenvalue weighted by atomic mass is 9.87. The zero-order valence-electron chi connectivity index (χ0n) is 15.2. The van der Waals surface area contributed by atoms with Crippen molar-refractivity contribution in [3.05, 3.63) is 22.6 Å². The summed E-state index contributed by atoms with van der Waals surface area (Å²) < 4.78 is 1.69. The van der Waals surface area contributed by atoms with Crippen LogP contribution in [0, 0.1) is 5.92 Å². The zero-order chi connectivity index (χ0) is 17.8. The number of aryl methyl sites for hydroxylation is 1. The van der Waals surface area contributed by atoms with E-state index in [1.54, 1.807) is 22.2 Å². The van der Waals surface area contributed by atoms with Crippen LogP contribution in [0.15, 0.2) is 6.33 Å². The van der Waals surface area contributed by atoms with E-state index in [1.807, 2.05) is 4.90 Å². The summed E-state index contributed by atoms with van der Waals surface area (Å²) in [5.41, 5.74) is 2.17. The van der Waals surface area contributed by atoms with Crippen LogP contribution in [-0.4, -0.2) is 43.5 Å². The van der Waals surface area contributed by atoms with Gasteiger partial charge in [-0.15, -0.1) is 16.4 Å². The van der Waals surface area contributed by atoms with Gasteiger partial charge in [0.1, 0.15) is 11.2 Å². The molecule has 0 radical (unpaired) electrons. The average Bonchev–Trinajstić information content (AvgIpc) is 3.23. The highest BCUT2D eigenvalue weighted by Crippen LogP contribution is 2.42. The molecule has 5 rings (SSSR count). The Bertz CT molecular complexity index is 998. The normalized spacial score (nSPS) is 21.5. The van der Waals surface area contributed by atoms with Crippen molar-refractivity contribution in [1.82, 2.24) is 24.5 Å². The lowest BCUT2D eigenvalue weighted by Gasteiger charge is -2.29. The highest BCUT2D eigenvalue weighted by Gasteiger charge is 2.28. The number of hydrogen-bond acceptors (Lipinski definition) is 5. The Balaban J connectivity index is 1.60. The maximum atomic E-state index is 12.9. The van der Waals surface area contributed by atoms with Crippen molar-refractivity contribution in [2.45, 2.75) is 51.9 Å². The Kier molecular flexibility index (Phi) is 3.74. The number of fused-ring (bicyclic) bond motifs is 5. The molecule has 0 N–H and O–H groups in total. The molecule has 0 aromatic carbocycles. The Hall–Kier alpha value is -2.02. The van der Waals surface area contributed by atoms with Gasteiger partial charge in [-0.2, -0.15) is 0 Å². The van der Waals surface area contributed by atoms with Gasteiger partial charge in [-0.1, -0.05) is 13.8 Å². The molecule has 3 aromatic rings. The minimum Gasteiger partial charge on any atom is -0.336 e. The number of amides is 1. The van der Waals surface area contributed by atoms with Crippen LogP contribution < -0.4 is 0 Å². The van der Waals surface area contributed by atoms with Crippen molar-refractivity contribution in [2.24, 2.45) is 5.92 Å². The smallest absolute Gasteiger partial charge is 0.293 e. The first-order valence-corrected chi connectivity index (χ1v) is 10.4. The standard InChI is InChI=1S/C19H23N5OS/c1-11-6-8-23(9-7-11)19(25)16-21-17-15-14-12(2)4-3-5-13(14)26-18(15)20-10-24(17)22-16/h10-12H,3-9H2,1-2H3/t12-/m1/s1. The molecular weight excluding hydrogens is 346 g/mol. The van der Waals surface area contributed by atoms with E-state index in [-0.39, 0.29) is 5.91 Å². The van der Waals surface area contributed by atoms with E-state index in [0.29, 0.717) is 17.7 Å². The summed E-state index contributed by atoms with van der Waals surface area (Å²) in [6.45, 7) is 6.13. The Labute approximate surface area is 156 Å². The number of rotatable bonds is 1. The molecule has 0 unspecified atom stereocenters. The van der Waals surface area contributed by atoms with Gasteiger partial charge in [-0.05, 0) is 49.5 Å². The number of aromatic nitrogens is 4. The topological polar surface area (TPSA) is 63.4 Å². The fraction of sp³-hybridized carbons (Fsp3) is 0.579. The zero-order valence-corrected chi connectivity index (χ0v) is 16.1. The molecule has 0 spiro atoms. The van der Waals surface area contributed by atoms with E-state index in [4.69, 9.17) is 0 Å². The van der Waals surface area contributed by atoms with Gasteiger partial charge in [0.2, 0.25) is 5.82 Å². The maximum absolute atomic E-state index is 12.9. The van der Waals surface area contributed by atoms with Crippen molar-refractivity contribution in [1.29, 1.82) is 0 Å². The molecular formula is C19H23N5OS. The first kappa shape index (κ1) is 16.2. The second-order valence-corrected chi connectivity index (χ2v) is 8.92. The summed E-state index contributed by atoms with van der Waals surface area (Å²) in [6, 6.07) is 0. The predicted molar refractivity (Wildman–Crippen MR) is 102 cm³/mol. The molecule has 7 heteroatoms. The Morgan fingerprint density at radius 1 is 1.23 bits per heavy atom. The molecule has 2 aliphatic rings. The lowest BCUT2D eigenvalue weighted by Crippen LogP contribution is -2.38. The van der Waals surface area contributed by atoms with Crippen LogP contribution in [0.1, 0.15) is 66.5 Å². The van der Waals surface area contributed by atoms with Crippen LogP contribution in [0.3, 0.4) is 0 Å². The van der Waals surface area contributed by atoms with Crippen molar-refractivity contribution in [3.63, 3.8) is 0 Å².